The number of ether oxygens (including phenoxy) is 2. The van der Waals surface area contributed by atoms with E-state index in [-0.39, 0.29) is 6.04 Å². The van der Waals surface area contributed by atoms with Gasteiger partial charge in [0.2, 0.25) is 0 Å². The fourth-order valence-corrected chi connectivity index (χ4v) is 2.63. The highest BCUT2D eigenvalue weighted by Gasteiger charge is 2.15. The molecule has 0 fully saturated rings. The molecular formula is C13H20N2O2S. The molecular weight excluding hydrogens is 248 g/mol. The van der Waals surface area contributed by atoms with Gasteiger partial charge in [-0.05, 0) is 23.4 Å². The number of hydrogen-bond acceptors (Lipinski definition) is 5. The zero-order valence-corrected chi connectivity index (χ0v) is 11.5. The topological polar surface area (TPSA) is 56.5 Å². The maximum atomic E-state index is 5.69. The summed E-state index contributed by atoms with van der Waals surface area (Å²) >= 11 is 1.86. The van der Waals surface area contributed by atoms with E-state index in [1.54, 1.807) is 0 Å². The number of hydrogen-bond donors (Lipinski definition) is 2. The van der Waals surface area contributed by atoms with Crippen molar-refractivity contribution in [3.05, 3.63) is 23.8 Å². The van der Waals surface area contributed by atoms with Crippen molar-refractivity contribution >= 4 is 11.8 Å². The molecule has 1 unspecified atom stereocenters. The summed E-state index contributed by atoms with van der Waals surface area (Å²) in [5.41, 5.74) is 4.00. The van der Waals surface area contributed by atoms with Crippen LogP contribution in [-0.2, 0) is 0 Å². The van der Waals surface area contributed by atoms with Crippen molar-refractivity contribution in [2.45, 2.75) is 19.4 Å². The van der Waals surface area contributed by atoms with E-state index >= 15 is 0 Å². The van der Waals surface area contributed by atoms with Gasteiger partial charge in [-0.3, -0.25) is 11.3 Å². The molecule has 0 saturated heterocycles. The van der Waals surface area contributed by atoms with Crippen LogP contribution >= 0.6 is 11.8 Å². The van der Waals surface area contributed by atoms with Crippen molar-refractivity contribution in [1.29, 1.82) is 0 Å². The molecule has 1 aliphatic rings. The molecule has 3 N–H and O–H groups in total. The zero-order valence-electron chi connectivity index (χ0n) is 10.6. The number of benzene rings is 1. The van der Waals surface area contributed by atoms with Gasteiger partial charge in [-0.15, -0.1) is 0 Å². The predicted octanol–water partition coefficient (Wildman–Crippen LogP) is 2.11. The lowest BCUT2D eigenvalue weighted by Crippen LogP contribution is -2.29. The summed E-state index contributed by atoms with van der Waals surface area (Å²) in [6.45, 7) is 3.57. The Morgan fingerprint density at radius 3 is 2.83 bits per heavy atom. The standard InChI is InChI=1S/C13H20N2O2S/c1-2-18-9-11(15-14)10-4-5-12-13(8-10)17-7-3-6-16-12/h4-5,8,11,15H,2-3,6-7,9,14H2,1H3. The number of hydrazine groups is 1. The highest BCUT2D eigenvalue weighted by atomic mass is 32.2. The Labute approximate surface area is 112 Å². The largest absolute Gasteiger partial charge is 0.490 e. The van der Waals surface area contributed by atoms with Gasteiger partial charge in [0.1, 0.15) is 0 Å². The Morgan fingerprint density at radius 1 is 1.33 bits per heavy atom. The monoisotopic (exact) mass is 268 g/mol. The summed E-state index contributed by atoms with van der Waals surface area (Å²) in [6, 6.07) is 6.19. The minimum atomic E-state index is 0.145. The Balaban J connectivity index is 2.15. The maximum absolute atomic E-state index is 5.69. The van der Waals surface area contributed by atoms with E-state index < -0.39 is 0 Å². The van der Waals surface area contributed by atoms with Crippen LogP contribution in [0.3, 0.4) is 0 Å². The smallest absolute Gasteiger partial charge is 0.161 e. The van der Waals surface area contributed by atoms with Crippen molar-refractivity contribution in [2.75, 3.05) is 24.7 Å². The molecule has 1 aromatic rings. The average Bonchev–Trinajstić information content (AvgIpc) is 2.64. The molecule has 18 heavy (non-hydrogen) atoms. The van der Waals surface area contributed by atoms with Gasteiger partial charge in [0.15, 0.2) is 11.5 Å². The molecule has 0 amide bonds. The molecule has 4 nitrogen and oxygen atoms in total. The molecule has 0 aliphatic carbocycles. The first-order valence-corrected chi connectivity index (χ1v) is 7.44. The molecule has 1 atom stereocenters. The van der Waals surface area contributed by atoms with Gasteiger partial charge in [0.25, 0.3) is 0 Å². The number of thioether (sulfide) groups is 1. The second-order valence-corrected chi connectivity index (χ2v) is 5.45. The van der Waals surface area contributed by atoms with Crippen LogP contribution in [0.5, 0.6) is 11.5 Å². The number of nitrogens with one attached hydrogen (secondary N) is 1. The lowest BCUT2D eigenvalue weighted by atomic mass is 10.1. The molecule has 0 radical (unpaired) electrons. The van der Waals surface area contributed by atoms with Crippen LogP contribution in [-0.4, -0.2) is 24.7 Å². The van der Waals surface area contributed by atoms with Gasteiger partial charge >= 0.3 is 0 Å². The van der Waals surface area contributed by atoms with Crippen molar-refractivity contribution in [1.82, 2.24) is 5.43 Å². The summed E-state index contributed by atoms with van der Waals surface area (Å²) in [4.78, 5) is 0. The van der Waals surface area contributed by atoms with Gasteiger partial charge in [-0.1, -0.05) is 13.0 Å². The summed E-state index contributed by atoms with van der Waals surface area (Å²) < 4.78 is 11.3. The molecule has 0 saturated carbocycles. The molecule has 0 bridgehead atoms. The second-order valence-electron chi connectivity index (χ2n) is 4.14. The molecule has 100 valence electrons. The number of fused-ring (bicyclic) bond motifs is 1. The van der Waals surface area contributed by atoms with E-state index in [0.29, 0.717) is 6.61 Å². The van der Waals surface area contributed by atoms with E-state index in [1.165, 1.54) is 0 Å². The van der Waals surface area contributed by atoms with Gasteiger partial charge in [0.05, 0.1) is 19.3 Å². The van der Waals surface area contributed by atoms with Crippen LogP contribution in [0, 0.1) is 0 Å². The summed E-state index contributed by atoms with van der Waals surface area (Å²) in [7, 11) is 0. The summed E-state index contributed by atoms with van der Waals surface area (Å²) in [5.74, 6) is 9.31. The van der Waals surface area contributed by atoms with Crippen molar-refractivity contribution in [3.8, 4) is 11.5 Å². The first-order chi connectivity index (χ1) is 8.85. The van der Waals surface area contributed by atoms with E-state index in [9.17, 15) is 0 Å². The number of rotatable bonds is 5. The fourth-order valence-electron chi connectivity index (χ4n) is 1.87. The minimum Gasteiger partial charge on any atom is -0.490 e. The molecule has 1 aliphatic heterocycles. The fraction of sp³-hybridized carbons (Fsp3) is 0.538. The van der Waals surface area contributed by atoms with E-state index in [0.717, 1.165) is 41.6 Å². The van der Waals surface area contributed by atoms with E-state index in [4.69, 9.17) is 15.3 Å². The Bertz CT molecular complexity index is 387. The third-order valence-corrected chi connectivity index (χ3v) is 3.84. The first kappa shape index (κ1) is 13.5. The van der Waals surface area contributed by atoms with Crippen LogP contribution < -0.4 is 20.7 Å². The van der Waals surface area contributed by atoms with Crippen molar-refractivity contribution in [2.24, 2.45) is 5.84 Å². The Hall–Kier alpha value is -0.910. The SMILES string of the molecule is CCSCC(NN)c1ccc2c(c1)OCCCO2. The lowest BCUT2D eigenvalue weighted by Gasteiger charge is -2.17. The van der Waals surface area contributed by atoms with Crippen molar-refractivity contribution in [3.63, 3.8) is 0 Å². The van der Waals surface area contributed by atoms with Crippen LogP contribution in [0.15, 0.2) is 18.2 Å². The second kappa shape index (κ2) is 6.87. The molecule has 1 heterocycles. The highest BCUT2D eigenvalue weighted by Crippen LogP contribution is 2.32. The first-order valence-electron chi connectivity index (χ1n) is 6.28. The van der Waals surface area contributed by atoms with Gasteiger partial charge in [-0.2, -0.15) is 11.8 Å². The predicted molar refractivity (Wildman–Crippen MR) is 75.1 cm³/mol. The maximum Gasteiger partial charge on any atom is 0.161 e. The quantitative estimate of drug-likeness (QED) is 0.633. The Kier molecular flexibility index (Phi) is 5.16. The van der Waals surface area contributed by atoms with Gasteiger partial charge in [-0.25, -0.2) is 0 Å². The van der Waals surface area contributed by atoms with Gasteiger partial charge < -0.3 is 9.47 Å². The van der Waals surface area contributed by atoms with Crippen LogP contribution in [0.2, 0.25) is 0 Å². The lowest BCUT2D eigenvalue weighted by molar-refractivity contribution is 0.297. The van der Waals surface area contributed by atoms with Gasteiger partial charge in [0, 0.05) is 12.2 Å². The van der Waals surface area contributed by atoms with Crippen LogP contribution in [0.4, 0.5) is 0 Å². The van der Waals surface area contributed by atoms with Crippen LogP contribution in [0.25, 0.3) is 0 Å². The minimum absolute atomic E-state index is 0.145. The normalized spacial score (nSPS) is 16.1. The number of nitrogens with two attached hydrogens (primary N) is 1. The third kappa shape index (κ3) is 3.31. The highest BCUT2D eigenvalue weighted by molar-refractivity contribution is 7.99. The summed E-state index contributed by atoms with van der Waals surface area (Å²) in [5, 5.41) is 0. The molecule has 0 spiro atoms. The molecule has 0 aromatic heterocycles. The Morgan fingerprint density at radius 2 is 2.11 bits per heavy atom. The van der Waals surface area contributed by atoms with E-state index in [2.05, 4.69) is 12.3 Å². The molecule has 5 heteroatoms. The average molecular weight is 268 g/mol. The molecule has 1 aromatic carbocycles. The van der Waals surface area contributed by atoms with E-state index in [1.807, 2.05) is 30.0 Å². The van der Waals surface area contributed by atoms with Crippen molar-refractivity contribution < 1.29 is 9.47 Å². The third-order valence-electron chi connectivity index (χ3n) is 2.86. The molecule has 2 rings (SSSR count). The zero-order chi connectivity index (χ0) is 12.8. The summed E-state index contributed by atoms with van der Waals surface area (Å²) in [6.07, 6.45) is 0.925. The van der Waals surface area contributed by atoms with Crippen LogP contribution in [0.1, 0.15) is 24.9 Å².